The second-order valence-electron chi connectivity index (χ2n) is 7.45. The lowest BCUT2D eigenvalue weighted by atomic mass is 10.1. The van der Waals surface area contributed by atoms with Crippen molar-refractivity contribution in [2.75, 3.05) is 0 Å². The molecule has 0 unspecified atom stereocenters. The summed E-state index contributed by atoms with van der Waals surface area (Å²) in [5, 5.41) is 4.46. The lowest BCUT2D eigenvalue weighted by Gasteiger charge is -1.95. The number of unbranched alkanes of at least 4 members (excludes halogenated alkanes) is 1. The summed E-state index contributed by atoms with van der Waals surface area (Å²) in [6, 6.07) is 14.9. The van der Waals surface area contributed by atoms with Crippen molar-refractivity contribution in [3.8, 4) is 0 Å². The van der Waals surface area contributed by atoms with E-state index in [1.54, 1.807) is 0 Å². The minimum absolute atomic E-state index is 1.08. The van der Waals surface area contributed by atoms with Crippen molar-refractivity contribution in [1.29, 1.82) is 0 Å². The number of H-pyrrole nitrogens is 4. The van der Waals surface area contributed by atoms with Crippen molar-refractivity contribution in [2.45, 2.75) is 26.2 Å². The molecule has 1 aliphatic heterocycles. The van der Waals surface area contributed by atoms with Crippen molar-refractivity contribution in [3.63, 3.8) is 0 Å². The van der Waals surface area contributed by atoms with Crippen LogP contribution in [0.2, 0.25) is 0 Å². The molecule has 0 fully saturated rings. The number of rotatable bonds is 3. The first kappa shape index (κ1) is 16.8. The van der Waals surface area contributed by atoms with Gasteiger partial charge in [-0.3, -0.25) is 0 Å². The average molecular weight is 368 g/mol. The summed E-state index contributed by atoms with van der Waals surface area (Å²) >= 11 is 0. The Labute approximate surface area is 163 Å². The fraction of sp³-hybridized carbons (Fsp3) is 0.167. The normalized spacial score (nSPS) is 12.6. The van der Waals surface area contributed by atoms with Crippen LogP contribution in [0.1, 0.15) is 48.1 Å². The van der Waals surface area contributed by atoms with E-state index >= 15 is 0 Å². The monoisotopic (exact) mass is 368 g/mol. The SMILES string of the molecule is CCCCc1cc2[nH]c1=Cc1ccc([nH]1)C=c1ccc([nH]1)=Cc1ccc([nH]1)C=2. The van der Waals surface area contributed by atoms with Crippen LogP contribution in [0.25, 0.3) is 24.3 Å². The topological polar surface area (TPSA) is 63.2 Å². The van der Waals surface area contributed by atoms with E-state index in [-0.39, 0.29) is 0 Å². The first-order chi connectivity index (χ1) is 13.7. The van der Waals surface area contributed by atoms with Gasteiger partial charge in [0.25, 0.3) is 0 Å². The molecule has 4 heteroatoms. The maximum absolute atomic E-state index is 3.59. The zero-order chi connectivity index (χ0) is 18.9. The number of aromatic nitrogens is 4. The average Bonchev–Trinajstić information content (AvgIpc) is 3.45. The van der Waals surface area contributed by atoms with Crippen LogP contribution in [0.15, 0.2) is 42.5 Å². The minimum atomic E-state index is 1.08. The third kappa shape index (κ3) is 3.41. The molecule has 4 aromatic heterocycles. The van der Waals surface area contributed by atoms with Crippen molar-refractivity contribution < 1.29 is 0 Å². The van der Waals surface area contributed by atoms with Gasteiger partial charge in [-0.2, -0.15) is 0 Å². The Bertz CT molecular complexity index is 1350. The summed E-state index contributed by atoms with van der Waals surface area (Å²) in [7, 11) is 0. The van der Waals surface area contributed by atoms with Gasteiger partial charge in [0.15, 0.2) is 0 Å². The number of hydrogen-bond donors (Lipinski definition) is 4. The van der Waals surface area contributed by atoms with E-state index in [4.69, 9.17) is 0 Å². The molecule has 5 heterocycles. The predicted octanol–water partition coefficient (Wildman–Crippen LogP) is 1.97. The third-order valence-corrected chi connectivity index (χ3v) is 5.18. The van der Waals surface area contributed by atoms with Gasteiger partial charge in [0.2, 0.25) is 0 Å². The Kier molecular flexibility index (Phi) is 4.17. The van der Waals surface area contributed by atoms with E-state index in [2.05, 4.69) is 93.6 Å². The van der Waals surface area contributed by atoms with Crippen LogP contribution in [-0.4, -0.2) is 19.9 Å². The molecule has 4 aromatic rings. The fourth-order valence-electron chi connectivity index (χ4n) is 3.77. The Morgan fingerprint density at radius 1 is 0.607 bits per heavy atom. The molecule has 140 valence electrons. The first-order valence-corrected chi connectivity index (χ1v) is 9.93. The van der Waals surface area contributed by atoms with Crippen LogP contribution in [0.3, 0.4) is 0 Å². The van der Waals surface area contributed by atoms with Gasteiger partial charge in [0.05, 0.1) is 0 Å². The second-order valence-corrected chi connectivity index (χ2v) is 7.45. The highest BCUT2D eigenvalue weighted by Crippen LogP contribution is 2.06. The van der Waals surface area contributed by atoms with Gasteiger partial charge in [-0.1, -0.05) is 13.3 Å². The molecule has 4 nitrogen and oxygen atoms in total. The van der Waals surface area contributed by atoms with Gasteiger partial charge in [0, 0.05) is 44.2 Å². The number of aryl methyl sites for hydroxylation is 1. The third-order valence-electron chi connectivity index (χ3n) is 5.18. The van der Waals surface area contributed by atoms with Crippen LogP contribution in [0.5, 0.6) is 0 Å². The van der Waals surface area contributed by atoms with Gasteiger partial charge < -0.3 is 19.9 Å². The number of aromatic amines is 4. The van der Waals surface area contributed by atoms with Crippen LogP contribution >= 0.6 is 0 Å². The molecule has 0 aliphatic carbocycles. The fourth-order valence-corrected chi connectivity index (χ4v) is 3.77. The Morgan fingerprint density at radius 2 is 1.18 bits per heavy atom. The van der Waals surface area contributed by atoms with Crippen LogP contribution in [0.4, 0.5) is 0 Å². The van der Waals surface area contributed by atoms with Crippen LogP contribution in [-0.2, 0) is 6.42 Å². The van der Waals surface area contributed by atoms with Gasteiger partial charge in [0.1, 0.15) is 0 Å². The minimum Gasteiger partial charge on any atom is -0.355 e. The summed E-state index contributed by atoms with van der Waals surface area (Å²) in [6.07, 6.45) is 12.1. The quantitative estimate of drug-likeness (QED) is 0.376. The molecule has 0 saturated carbocycles. The van der Waals surface area contributed by atoms with Gasteiger partial charge in [-0.25, -0.2) is 0 Å². The first-order valence-electron chi connectivity index (χ1n) is 9.93. The Morgan fingerprint density at radius 3 is 1.79 bits per heavy atom. The van der Waals surface area contributed by atoms with Crippen molar-refractivity contribution >= 4 is 24.3 Å². The summed E-state index contributed by atoms with van der Waals surface area (Å²) in [4.78, 5) is 14.0. The molecule has 28 heavy (non-hydrogen) atoms. The Balaban J connectivity index is 1.74. The molecule has 0 spiro atoms. The smallest absolute Gasteiger partial charge is 0.0438 e. The highest BCUT2D eigenvalue weighted by atomic mass is 14.8. The largest absolute Gasteiger partial charge is 0.355 e. The molecule has 0 radical (unpaired) electrons. The molecular formula is C24H24N4. The number of hydrogen-bond acceptors (Lipinski definition) is 0. The standard InChI is InChI=1S/C24H24N4/c1-2-3-4-16-11-23-14-21-8-7-19(26-21)12-17-5-6-18(25-17)13-20-9-10-22(27-20)15-24(16)28-23/h5-15,25-28H,2-4H2,1H3. The molecule has 0 saturated heterocycles. The van der Waals surface area contributed by atoms with Crippen molar-refractivity contribution in [1.82, 2.24) is 19.9 Å². The van der Waals surface area contributed by atoms with Gasteiger partial charge in [-0.15, -0.1) is 0 Å². The zero-order valence-corrected chi connectivity index (χ0v) is 16.0. The molecule has 0 aromatic carbocycles. The predicted molar refractivity (Wildman–Crippen MR) is 115 cm³/mol. The van der Waals surface area contributed by atoms with E-state index in [1.807, 2.05) is 0 Å². The number of fused-ring (bicyclic) bond motifs is 8. The Hall–Kier alpha value is -3.40. The molecule has 4 N–H and O–H groups in total. The maximum atomic E-state index is 3.59. The highest BCUT2D eigenvalue weighted by Gasteiger charge is 2.02. The second kappa shape index (κ2) is 6.97. The summed E-state index contributed by atoms with van der Waals surface area (Å²) in [6.45, 7) is 2.24. The summed E-state index contributed by atoms with van der Waals surface area (Å²) < 4.78 is 0. The van der Waals surface area contributed by atoms with E-state index < -0.39 is 0 Å². The lowest BCUT2D eigenvalue weighted by molar-refractivity contribution is 0.792. The number of nitrogens with one attached hydrogen (secondary N) is 4. The van der Waals surface area contributed by atoms with Crippen molar-refractivity contribution in [2.24, 2.45) is 0 Å². The van der Waals surface area contributed by atoms with E-state index in [0.29, 0.717) is 0 Å². The van der Waals surface area contributed by atoms with Gasteiger partial charge in [-0.05, 0) is 85.2 Å². The van der Waals surface area contributed by atoms with Crippen LogP contribution < -0.4 is 21.4 Å². The molecule has 8 bridgehead atoms. The molecule has 1 aliphatic rings. The molecular weight excluding hydrogens is 344 g/mol. The van der Waals surface area contributed by atoms with E-state index in [9.17, 15) is 0 Å². The highest BCUT2D eigenvalue weighted by molar-refractivity contribution is 5.55. The van der Waals surface area contributed by atoms with Crippen molar-refractivity contribution in [3.05, 3.63) is 92.2 Å². The van der Waals surface area contributed by atoms with E-state index in [0.717, 1.165) is 45.2 Å². The summed E-state index contributed by atoms with van der Waals surface area (Å²) in [5.74, 6) is 0. The molecule has 5 rings (SSSR count). The maximum Gasteiger partial charge on any atom is 0.0438 e. The molecule has 0 atom stereocenters. The zero-order valence-electron chi connectivity index (χ0n) is 16.0. The summed E-state index contributed by atoms with van der Waals surface area (Å²) in [5.41, 5.74) is 5.73. The lowest BCUT2D eigenvalue weighted by Crippen LogP contribution is -2.12. The van der Waals surface area contributed by atoms with Crippen LogP contribution in [0, 0.1) is 0 Å². The van der Waals surface area contributed by atoms with E-state index in [1.165, 1.54) is 23.8 Å². The molecule has 0 amide bonds. The van der Waals surface area contributed by atoms with Gasteiger partial charge >= 0.3 is 0 Å².